The van der Waals surface area contributed by atoms with E-state index in [1.54, 1.807) is 0 Å². The Bertz CT molecular complexity index is 509. The van der Waals surface area contributed by atoms with E-state index < -0.39 is 0 Å². The van der Waals surface area contributed by atoms with E-state index in [2.05, 4.69) is 35.5 Å². The fourth-order valence-corrected chi connectivity index (χ4v) is 2.06. The van der Waals surface area contributed by atoms with Crippen molar-refractivity contribution in [2.45, 2.75) is 26.8 Å². The van der Waals surface area contributed by atoms with Crippen molar-refractivity contribution in [1.82, 2.24) is 9.55 Å². The van der Waals surface area contributed by atoms with Crippen molar-refractivity contribution in [3.63, 3.8) is 0 Å². The predicted molar refractivity (Wildman–Crippen MR) is 62.8 cm³/mol. The van der Waals surface area contributed by atoms with Crippen molar-refractivity contribution in [1.29, 1.82) is 0 Å². The number of aromatic nitrogens is 2. The van der Waals surface area contributed by atoms with Crippen LogP contribution in [0.1, 0.15) is 29.9 Å². The third kappa shape index (κ3) is 1.53. The number of aryl methyl sites for hydroxylation is 3. The maximum atomic E-state index is 5.88. The normalized spacial score (nSPS) is 13.4. The molecule has 0 aliphatic heterocycles. The van der Waals surface area contributed by atoms with E-state index in [9.17, 15) is 0 Å². The van der Waals surface area contributed by atoms with Gasteiger partial charge in [-0.05, 0) is 38.0 Å². The Labute approximate surface area is 89.9 Å². The van der Waals surface area contributed by atoms with E-state index in [1.165, 1.54) is 16.6 Å². The van der Waals surface area contributed by atoms with E-state index >= 15 is 0 Å². The van der Waals surface area contributed by atoms with Crippen LogP contribution in [0.4, 0.5) is 0 Å². The minimum Gasteiger partial charge on any atom is -0.330 e. The van der Waals surface area contributed by atoms with Crippen LogP contribution in [-0.2, 0) is 7.05 Å². The third-order valence-corrected chi connectivity index (χ3v) is 2.76. The summed E-state index contributed by atoms with van der Waals surface area (Å²) in [7, 11) is 2.02. The highest BCUT2D eigenvalue weighted by molar-refractivity contribution is 5.80. The third-order valence-electron chi connectivity index (χ3n) is 2.76. The highest BCUT2D eigenvalue weighted by atomic mass is 15.1. The molecule has 2 aromatic rings. The molecule has 0 amide bonds. The first-order valence-corrected chi connectivity index (χ1v) is 5.20. The van der Waals surface area contributed by atoms with Gasteiger partial charge in [0.2, 0.25) is 0 Å². The van der Waals surface area contributed by atoms with E-state index in [-0.39, 0.29) is 6.04 Å². The Balaban J connectivity index is 2.82. The topological polar surface area (TPSA) is 43.8 Å². The van der Waals surface area contributed by atoms with Gasteiger partial charge in [0.25, 0.3) is 0 Å². The number of imidazole rings is 1. The first-order valence-electron chi connectivity index (χ1n) is 5.20. The van der Waals surface area contributed by atoms with Crippen molar-refractivity contribution in [3.8, 4) is 0 Å². The Morgan fingerprint density at radius 3 is 2.60 bits per heavy atom. The predicted octanol–water partition coefficient (Wildman–Crippen LogP) is 2.21. The highest BCUT2D eigenvalue weighted by Crippen LogP contribution is 2.22. The lowest BCUT2D eigenvalue weighted by Gasteiger charge is -2.04. The molecule has 1 heterocycles. The number of hydrogen-bond donors (Lipinski definition) is 1. The van der Waals surface area contributed by atoms with Gasteiger partial charge in [0.15, 0.2) is 0 Å². The molecule has 3 nitrogen and oxygen atoms in total. The van der Waals surface area contributed by atoms with Crippen LogP contribution in [0, 0.1) is 13.8 Å². The van der Waals surface area contributed by atoms with Crippen molar-refractivity contribution in [2.24, 2.45) is 12.8 Å². The maximum absolute atomic E-state index is 5.88. The second-order valence-corrected chi connectivity index (χ2v) is 4.27. The number of fused-ring (bicyclic) bond motifs is 1. The first kappa shape index (κ1) is 10.2. The average Bonchev–Trinajstić information content (AvgIpc) is 2.44. The smallest absolute Gasteiger partial charge is 0.126 e. The molecule has 0 saturated heterocycles. The fraction of sp³-hybridized carbons (Fsp3) is 0.417. The van der Waals surface area contributed by atoms with Crippen molar-refractivity contribution < 1.29 is 0 Å². The summed E-state index contributed by atoms with van der Waals surface area (Å²) >= 11 is 0. The summed E-state index contributed by atoms with van der Waals surface area (Å²) < 4.78 is 2.08. The van der Waals surface area contributed by atoms with Crippen LogP contribution in [0.25, 0.3) is 11.0 Å². The van der Waals surface area contributed by atoms with Gasteiger partial charge in [-0.15, -0.1) is 0 Å². The Morgan fingerprint density at radius 2 is 2.00 bits per heavy atom. The Morgan fingerprint density at radius 1 is 1.33 bits per heavy atom. The molecule has 0 fully saturated rings. The lowest BCUT2D eigenvalue weighted by Crippen LogP contribution is -2.11. The summed E-state index contributed by atoms with van der Waals surface area (Å²) in [5.41, 5.74) is 10.6. The van der Waals surface area contributed by atoms with Gasteiger partial charge in [0.1, 0.15) is 5.82 Å². The zero-order valence-corrected chi connectivity index (χ0v) is 9.70. The Hall–Kier alpha value is -1.35. The number of hydrogen-bond acceptors (Lipinski definition) is 2. The van der Waals surface area contributed by atoms with Crippen LogP contribution >= 0.6 is 0 Å². The molecule has 0 saturated carbocycles. The average molecular weight is 203 g/mol. The van der Waals surface area contributed by atoms with Crippen LogP contribution < -0.4 is 5.73 Å². The quantitative estimate of drug-likeness (QED) is 0.772. The lowest BCUT2D eigenvalue weighted by molar-refractivity contribution is 0.696. The van der Waals surface area contributed by atoms with Crippen molar-refractivity contribution in [3.05, 3.63) is 29.1 Å². The van der Waals surface area contributed by atoms with Crippen LogP contribution in [0.15, 0.2) is 12.1 Å². The molecule has 2 rings (SSSR count). The van der Waals surface area contributed by atoms with Crippen molar-refractivity contribution in [2.75, 3.05) is 0 Å². The lowest BCUT2D eigenvalue weighted by atomic mass is 10.1. The molecule has 15 heavy (non-hydrogen) atoms. The minimum atomic E-state index is -0.0258. The van der Waals surface area contributed by atoms with Crippen molar-refractivity contribution >= 4 is 11.0 Å². The molecule has 2 N–H and O–H groups in total. The molecule has 0 radical (unpaired) electrons. The van der Waals surface area contributed by atoms with Gasteiger partial charge in [-0.2, -0.15) is 0 Å². The molecule has 1 unspecified atom stereocenters. The van der Waals surface area contributed by atoms with Gasteiger partial charge in [-0.25, -0.2) is 4.98 Å². The molecule has 1 aromatic carbocycles. The maximum Gasteiger partial charge on any atom is 0.126 e. The number of benzene rings is 1. The van der Waals surface area contributed by atoms with Crippen LogP contribution in [0.2, 0.25) is 0 Å². The standard InChI is InChI=1S/C12H17N3/c1-7-5-8(2)11-10(6-7)15(4)12(14-11)9(3)13/h5-6,9H,13H2,1-4H3. The fourth-order valence-electron chi connectivity index (χ4n) is 2.06. The van der Waals surface area contributed by atoms with Gasteiger partial charge in [0.05, 0.1) is 17.1 Å². The zero-order chi connectivity index (χ0) is 11.2. The second kappa shape index (κ2) is 3.35. The monoisotopic (exact) mass is 203 g/mol. The molecule has 0 bridgehead atoms. The summed E-state index contributed by atoms with van der Waals surface area (Å²) in [6.07, 6.45) is 0. The van der Waals surface area contributed by atoms with Crippen LogP contribution in [0.3, 0.4) is 0 Å². The molecular formula is C12H17N3. The molecule has 3 heteroatoms. The minimum absolute atomic E-state index is 0.0258. The second-order valence-electron chi connectivity index (χ2n) is 4.27. The Kier molecular flexibility index (Phi) is 2.27. The van der Waals surface area contributed by atoms with Crippen LogP contribution in [-0.4, -0.2) is 9.55 Å². The van der Waals surface area contributed by atoms with E-state index in [4.69, 9.17) is 5.73 Å². The molecule has 1 aromatic heterocycles. The highest BCUT2D eigenvalue weighted by Gasteiger charge is 2.12. The SMILES string of the molecule is Cc1cc(C)c2nc(C(C)N)n(C)c2c1. The van der Waals surface area contributed by atoms with E-state index in [0.29, 0.717) is 0 Å². The summed E-state index contributed by atoms with van der Waals surface area (Å²) in [5.74, 6) is 0.943. The molecule has 0 aliphatic rings. The van der Waals surface area contributed by atoms with Gasteiger partial charge in [-0.3, -0.25) is 0 Å². The number of nitrogens with two attached hydrogens (primary N) is 1. The van der Waals surface area contributed by atoms with Gasteiger partial charge in [0, 0.05) is 7.05 Å². The molecule has 0 spiro atoms. The summed E-state index contributed by atoms with van der Waals surface area (Å²) in [6.45, 7) is 6.15. The molecular weight excluding hydrogens is 186 g/mol. The van der Waals surface area contributed by atoms with Gasteiger partial charge >= 0.3 is 0 Å². The molecule has 1 atom stereocenters. The van der Waals surface area contributed by atoms with Crippen LogP contribution in [0.5, 0.6) is 0 Å². The summed E-state index contributed by atoms with van der Waals surface area (Å²) in [6, 6.07) is 4.28. The number of nitrogens with zero attached hydrogens (tertiary/aromatic N) is 2. The van der Waals surface area contributed by atoms with Gasteiger partial charge < -0.3 is 10.3 Å². The van der Waals surface area contributed by atoms with E-state index in [1.807, 2.05) is 14.0 Å². The number of rotatable bonds is 1. The molecule has 80 valence electrons. The largest absolute Gasteiger partial charge is 0.330 e. The first-order chi connectivity index (χ1) is 7.00. The van der Waals surface area contributed by atoms with E-state index in [0.717, 1.165) is 11.3 Å². The molecule has 0 aliphatic carbocycles. The summed E-state index contributed by atoms with van der Waals surface area (Å²) in [5, 5.41) is 0. The summed E-state index contributed by atoms with van der Waals surface area (Å²) in [4.78, 5) is 4.59. The van der Waals surface area contributed by atoms with Gasteiger partial charge in [-0.1, -0.05) is 6.07 Å². The zero-order valence-electron chi connectivity index (χ0n) is 9.70.